The van der Waals surface area contributed by atoms with Gasteiger partial charge in [0.1, 0.15) is 0 Å². The molecule has 2 N–H and O–H groups in total. The molecule has 0 unspecified atom stereocenters. The number of carbonyl (C=O) groups excluding carboxylic acids is 1. The number of hydrogen-bond donors (Lipinski definition) is 2. The maximum Gasteiger partial charge on any atom is 0.573 e. The lowest BCUT2D eigenvalue weighted by atomic mass is 10.1. The predicted octanol–water partition coefficient (Wildman–Crippen LogP) is 5.10. The summed E-state index contributed by atoms with van der Waals surface area (Å²) in [6, 6.07) is 12.2. The van der Waals surface area contributed by atoms with Gasteiger partial charge in [-0.15, -0.1) is 13.2 Å². The van der Waals surface area contributed by atoms with Crippen LogP contribution in [0.4, 0.5) is 24.5 Å². The number of anilines is 2. The molecule has 0 aliphatic rings. The maximum absolute atomic E-state index is 12.5. The summed E-state index contributed by atoms with van der Waals surface area (Å²) in [5.41, 5.74) is 1.21. The van der Waals surface area contributed by atoms with E-state index in [1.807, 2.05) is 0 Å². The number of alkyl halides is 3. The van der Waals surface area contributed by atoms with E-state index in [4.69, 9.17) is 0 Å². The number of rotatable bonds is 7. The molecule has 0 fully saturated rings. The zero-order valence-corrected chi connectivity index (χ0v) is 14.6. The molecular formula is C19H21F3N2O2. The van der Waals surface area contributed by atoms with Gasteiger partial charge in [-0.3, -0.25) is 4.79 Å². The lowest BCUT2D eigenvalue weighted by Gasteiger charge is -2.14. The fraction of sp³-hybridized carbons (Fsp3) is 0.316. The fourth-order valence-electron chi connectivity index (χ4n) is 2.22. The first kappa shape index (κ1) is 19.6. The van der Waals surface area contributed by atoms with Crippen molar-refractivity contribution in [1.82, 2.24) is 5.32 Å². The molecule has 140 valence electrons. The second-order valence-corrected chi connectivity index (χ2v) is 6.18. The van der Waals surface area contributed by atoms with Crippen LogP contribution in [0.15, 0.2) is 48.5 Å². The molecule has 0 aliphatic carbocycles. The Balaban J connectivity index is 2.02. The Bertz CT molecular complexity index is 728. The minimum absolute atomic E-state index is 0.180. The third kappa shape index (κ3) is 6.31. The van der Waals surface area contributed by atoms with Crippen LogP contribution < -0.4 is 15.4 Å². The highest BCUT2D eigenvalue weighted by Crippen LogP contribution is 2.32. The Labute approximate surface area is 150 Å². The summed E-state index contributed by atoms with van der Waals surface area (Å²) in [5.74, 6) is -0.00521. The van der Waals surface area contributed by atoms with Crippen molar-refractivity contribution in [3.63, 3.8) is 0 Å². The molecule has 2 aromatic rings. The van der Waals surface area contributed by atoms with Crippen molar-refractivity contribution in [2.45, 2.75) is 26.6 Å². The van der Waals surface area contributed by atoms with Gasteiger partial charge in [-0.05, 0) is 48.7 Å². The van der Waals surface area contributed by atoms with Crippen LogP contribution in [0.3, 0.4) is 0 Å². The molecule has 4 nitrogen and oxygen atoms in total. The molecule has 1 amide bonds. The molecule has 7 heteroatoms. The number of benzene rings is 2. The predicted molar refractivity (Wildman–Crippen MR) is 94.6 cm³/mol. The smallest absolute Gasteiger partial charge is 0.404 e. The molecule has 0 spiro atoms. The number of ether oxygens (including phenoxy) is 1. The summed E-state index contributed by atoms with van der Waals surface area (Å²) >= 11 is 0. The number of amides is 1. The quantitative estimate of drug-likeness (QED) is 0.716. The molecule has 0 radical (unpaired) electrons. The van der Waals surface area contributed by atoms with E-state index in [-0.39, 0.29) is 17.3 Å². The highest BCUT2D eigenvalue weighted by atomic mass is 19.4. The van der Waals surface area contributed by atoms with Crippen molar-refractivity contribution < 1.29 is 22.7 Å². The lowest BCUT2D eigenvalue weighted by molar-refractivity contribution is -0.274. The summed E-state index contributed by atoms with van der Waals surface area (Å²) in [6.45, 7) is 4.75. The minimum Gasteiger partial charge on any atom is -0.404 e. The van der Waals surface area contributed by atoms with Gasteiger partial charge in [0.2, 0.25) is 0 Å². The standard InChI is InChI=1S/C19H21F3N2O2/c1-13(2)11-12-23-18(25)14-7-9-15(10-8-14)24-16-5-3-4-6-17(16)26-19(20,21)22/h3-10,13,24H,11-12H2,1-2H3,(H,23,25). The third-order valence-corrected chi connectivity index (χ3v) is 3.55. The van der Waals surface area contributed by atoms with Gasteiger partial charge in [-0.2, -0.15) is 0 Å². The highest BCUT2D eigenvalue weighted by Gasteiger charge is 2.32. The largest absolute Gasteiger partial charge is 0.573 e. The monoisotopic (exact) mass is 366 g/mol. The van der Waals surface area contributed by atoms with Crippen LogP contribution >= 0.6 is 0 Å². The zero-order chi connectivity index (χ0) is 19.2. The molecule has 0 saturated carbocycles. The van der Waals surface area contributed by atoms with E-state index >= 15 is 0 Å². The first-order chi connectivity index (χ1) is 12.2. The molecule has 0 aromatic heterocycles. The molecule has 0 atom stereocenters. The maximum atomic E-state index is 12.5. The van der Waals surface area contributed by atoms with Crippen LogP contribution in [0.25, 0.3) is 0 Å². The SMILES string of the molecule is CC(C)CCNC(=O)c1ccc(Nc2ccccc2OC(F)(F)F)cc1. The van der Waals surface area contributed by atoms with Gasteiger partial charge in [0.25, 0.3) is 5.91 Å². The van der Waals surface area contributed by atoms with Crippen LogP contribution in [0.5, 0.6) is 5.75 Å². The van der Waals surface area contributed by atoms with Gasteiger partial charge in [0, 0.05) is 17.8 Å². The minimum atomic E-state index is -4.77. The zero-order valence-electron chi connectivity index (χ0n) is 14.6. The van der Waals surface area contributed by atoms with Crippen molar-refractivity contribution in [2.24, 2.45) is 5.92 Å². The lowest BCUT2D eigenvalue weighted by Crippen LogP contribution is -2.25. The molecule has 2 aromatic carbocycles. The van der Waals surface area contributed by atoms with Crippen LogP contribution in [0.1, 0.15) is 30.6 Å². The fourth-order valence-corrected chi connectivity index (χ4v) is 2.22. The van der Waals surface area contributed by atoms with E-state index in [1.54, 1.807) is 30.3 Å². The Hall–Kier alpha value is -2.70. The van der Waals surface area contributed by atoms with Crippen LogP contribution in [0, 0.1) is 5.92 Å². The Morgan fingerprint density at radius 2 is 1.73 bits per heavy atom. The average Bonchev–Trinajstić information content (AvgIpc) is 2.55. The number of para-hydroxylation sites is 2. The molecule has 0 bridgehead atoms. The molecule has 0 saturated heterocycles. The molecule has 0 heterocycles. The van der Waals surface area contributed by atoms with Gasteiger partial charge >= 0.3 is 6.36 Å². The van der Waals surface area contributed by atoms with Gasteiger partial charge in [0.05, 0.1) is 5.69 Å². The summed E-state index contributed by atoms with van der Waals surface area (Å²) in [4.78, 5) is 12.0. The second-order valence-electron chi connectivity index (χ2n) is 6.18. The van der Waals surface area contributed by atoms with Crippen LogP contribution in [-0.4, -0.2) is 18.8 Å². The van der Waals surface area contributed by atoms with Gasteiger partial charge in [0.15, 0.2) is 5.75 Å². The van der Waals surface area contributed by atoms with Crippen molar-refractivity contribution >= 4 is 17.3 Å². The normalized spacial score (nSPS) is 11.3. The van der Waals surface area contributed by atoms with Gasteiger partial charge < -0.3 is 15.4 Å². The van der Waals surface area contributed by atoms with E-state index in [0.717, 1.165) is 6.42 Å². The number of carbonyl (C=O) groups is 1. The average molecular weight is 366 g/mol. The summed E-state index contributed by atoms with van der Waals surface area (Å²) in [7, 11) is 0. The Morgan fingerprint density at radius 3 is 2.35 bits per heavy atom. The number of nitrogens with one attached hydrogen (secondary N) is 2. The van der Waals surface area contributed by atoms with Gasteiger partial charge in [-0.1, -0.05) is 26.0 Å². The highest BCUT2D eigenvalue weighted by molar-refractivity contribution is 5.94. The van der Waals surface area contributed by atoms with Crippen molar-refractivity contribution in [2.75, 3.05) is 11.9 Å². The van der Waals surface area contributed by atoms with Gasteiger partial charge in [-0.25, -0.2) is 0 Å². The third-order valence-electron chi connectivity index (χ3n) is 3.55. The van der Waals surface area contributed by atoms with Crippen LogP contribution in [-0.2, 0) is 0 Å². The van der Waals surface area contributed by atoms with E-state index in [9.17, 15) is 18.0 Å². The van der Waals surface area contributed by atoms with E-state index < -0.39 is 6.36 Å². The molecule has 26 heavy (non-hydrogen) atoms. The van der Waals surface area contributed by atoms with Crippen molar-refractivity contribution in [1.29, 1.82) is 0 Å². The first-order valence-corrected chi connectivity index (χ1v) is 8.24. The topological polar surface area (TPSA) is 50.4 Å². The number of hydrogen-bond acceptors (Lipinski definition) is 3. The summed E-state index contributed by atoms with van der Waals surface area (Å²) in [6.07, 6.45) is -3.88. The van der Waals surface area contributed by atoms with Crippen molar-refractivity contribution in [3.8, 4) is 5.75 Å². The summed E-state index contributed by atoms with van der Waals surface area (Å²) in [5, 5.41) is 5.69. The van der Waals surface area contributed by atoms with E-state index in [0.29, 0.717) is 23.7 Å². The molecular weight excluding hydrogens is 345 g/mol. The second kappa shape index (κ2) is 8.60. The molecule has 0 aliphatic heterocycles. The first-order valence-electron chi connectivity index (χ1n) is 8.24. The van der Waals surface area contributed by atoms with Crippen molar-refractivity contribution in [3.05, 3.63) is 54.1 Å². The summed E-state index contributed by atoms with van der Waals surface area (Å²) < 4.78 is 41.4. The Morgan fingerprint density at radius 1 is 1.08 bits per heavy atom. The molecule has 2 rings (SSSR count). The van der Waals surface area contributed by atoms with E-state index in [1.165, 1.54) is 18.2 Å². The van der Waals surface area contributed by atoms with Crippen LogP contribution in [0.2, 0.25) is 0 Å². The van der Waals surface area contributed by atoms with E-state index in [2.05, 4.69) is 29.2 Å². The Kier molecular flexibility index (Phi) is 6.49. The number of halogens is 3.